The van der Waals surface area contributed by atoms with Crippen LogP contribution in [0.5, 0.6) is 0 Å². The number of furan rings is 1. The van der Waals surface area contributed by atoms with E-state index in [1.165, 1.54) is 6.07 Å². The lowest BCUT2D eigenvalue weighted by molar-refractivity contribution is 0.0830. The van der Waals surface area contributed by atoms with E-state index < -0.39 is 5.91 Å². The second kappa shape index (κ2) is 8.75. The molecule has 1 atom stereocenters. The van der Waals surface area contributed by atoms with Crippen LogP contribution < -0.4 is 10.7 Å². The standard InChI is InChI=1S/C22H24BrN3O4/c1-14-3-5-20(29-14)17(26-9-7-25(2)8-10-26)13-24-22(28)21-12-18(27)16-11-15(23)4-6-19(16)30-21/h3-6,11-12,17H,7-10,13H2,1-2H3,(H,24,28)/t17-/m0/s1. The van der Waals surface area contributed by atoms with Crippen LogP contribution in [0.1, 0.15) is 28.1 Å². The van der Waals surface area contributed by atoms with Gasteiger partial charge in [0, 0.05) is 43.3 Å². The van der Waals surface area contributed by atoms with Gasteiger partial charge >= 0.3 is 0 Å². The molecule has 1 saturated heterocycles. The lowest BCUT2D eigenvalue weighted by atomic mass is 10.1. The molecular weight excluding hydrogens is 450 g/mol. The van der Waals surface area contributed by atoms with Crippen molar-refractivity contribution in [2.24, 2.45) is 0 Å². The van der Waals surface area contributed by atoms with Gasteiger partial charge in [-0.15, -0.1) is 0 Å². The van der Waals surface area contributed by atoms with Crippen molar-refractivity contribution in [3.05, 3.63) is 68.4 Å². The summed E-state index contributed by atoms with van der Waals surface area (Å²) in [6.07, 6.45) is 0. The molecule has 158 valence electrons. The molecule has 0 unspecified atom stereocenters. The zero-order chi connectivity index (χ0) is 21.3. The first-order valence-corrected chi connectivity index (χ1v) is 10.7. The molecule has 4 rings (SSSR count). The van der Waals surface area contributed by atoms with Gasteiger partial charge in [-0.2, -0.15) is 0 Å². The van der Waals surface area contributed by atoms with Gasteiger partial charge in [0.2, 0.25) is 0 Å². The van der Waals surface area contributed by atoms with Crippen molar-refractivity contribution in [1.29, 1.82) is 0 Å². The maximum Gasteiger partial charge on any atom is 0.287 e. The minimum atomic E-state index is -0.417. The Morgan fingerprint density at radius 3 is 2.60 bits per heavy atom. The van der Waals surface area contributed by atoms with Crippen molar-refractivity contribution >= 4 is 32.8 Å². The van der Waals surface area contributed by atoms with Crippen LogP contribution in [-0.2, 0) is 0 Å². The smallest absolute Gasteiger partial charge is 0.287 e. The monoisotopic (exact) mass is 473 g/mol. The van der Waals surface area contributed by atoms with Gasteiger partial charge in [-0.1, -0.05) is 15.9 Å². The molecule has 1 fully saturated rings. The Hall–Kier alpha value is -2.42. The first-order chi connectivity index (χ1) is 14.4. The number of amides is 1. The van der Waals surface area contributed by atoms with Gasteiger partial charge in [-0.05, 0) is 44.3 Å². The van der Waals surface area contributed by atoms with Crippen molar-refractivity contribution in [1.82, 2.24) is 15.1 Å². The number of halogens is 1. The number of nitrogens with one attached hydrogen (secondary N) is 1. The van der Waals surface area contributed by atoms with Gasteiger partial charge in [0.1, 0.15) is 17.1 Å². The molecule has 30 heavy (non-hydrogen) atoms. The SMILES string of the molecule is Cc1ccc([C@H](CNC(=O)c2cc(=O)c3cc(Br)ccc3o2)N2CCN(C)CC2)o1. The number of hydrogen-bond acceptors (Lipinski definition) is 6. The van der Waals surface area contributed by atoms with E-state index in [4.69, 9.17) is 8.83 Å². The third kappa shape index (κ3) is 4.50. The molecule has 7 nitrogen and oxygen atoms in total. The molecule has 8 heteroatoms. The van der Waals surface area contributed by atoms with Crippen LogP contribution in [0.4, 0.5) is 0 Å². The van der Waals surface area contributed by atoms with E-state index in [0.717, 1.165) is 42.2 Å². The summed E-state index contributed by atoms with van der Waals surface area (Å²) in [7, 11) is 2.10. The second-order valence-electron chi connectivity index (χ2n) is 7.63. The lowest BCUT2D eigenvalue weighted by Gasteiger charge is -2.37. The van der Waals surface area contributed by atoms with Gasteiger partial charge in [-0.3, -0.25) is 14.5 Å². The Labute approximate surface area is 182 Å². The normalized spacial score (nSPS) is 16.6. The Balaban J connectivity index is 1.53. The summed E-state index contributed by atoms with van der Waals surface area (Å²) in [6.45, 7) is 5.95. The van der Waals surface area contributed by atoms with Crippen molar-refractivity contribution in [3.63, 3.8) is 0 Å². The topological polar surface area (TPSA) is 78.9 Å². The number of nitrogens with zero attached hydrogens (tertiary/aromatic N) is 2. The van der Waals surface area contributed by atoms with Crippen LogP contribution in [0.2, 0.25) is 0 Å². The summed E-state index contributed by atoms with van der Waals surface area (Å²) in [5.41, 5.74) is 0.133. The fourth-order valence-electron chi connectivity index (χ4n) is 3.69. The Morgan fingerprint density at radius 1 is 1.13 bits per heavy atom. The van der Waals surface area contributed by atoms with Crippen LogP contribution in [0.25, 0.3) is 11.0 Å². The van der Waals surface area contributed by atoms with Crippen LogP contribution in [0.15, 0.2) is 54.5 Å². The number of piperazine rings is 1. The maximum atomic E-state index is 12.8. The maximum absolute atomic E-state index is 12.8. The summed E-state index contributed by atoms with van der Waals surface area (Å²) in [4.78, 5) is 29.8. The number of benzene rings is 1. The van der Waals surface area contributed by atoms with Gasteiger partial charge in [0.25, 0.3) is 5.91 Å². The number of carbonyl (C=O) groups excluding carboxylic acids is 1. The molecule has 3 heterocycles. The number of hydrogen-bond donors (Lipinski definition) is 1. The van der Waals surface area contributed by atoms with Gasteiger partial charge in [-0.25, -0.2) is 0 Å². The van der Waals surface area contributed by atoms with E-state index in [2.05, 4.69) is 38.1 Å². The summed E-state index contributed by atoms with van der Waals surface area (Å²) < 4.78 is 12.3. The largest absolute Gasteiger partial charge is 0.465 e. The number of aryl methyl sites for hydroxylation is 1. The number of fused-ring (bicyclic) bond motifs is 1. The minimum absolute atomic E-state index is 0.00238. The highest BCUT2D eigenvalue weighted by atomic mass is 79.9. The van der Waals surface area contributed by atoms with Gasteiger partial charge < -0.3 is 19.1 Å². The molecule has 2 aromatic heterocycles. The van der Waals surface area contributed by atoms with E-state index in [9.17, 15) is 9.59 Å². The third-order valence-electron chi connectivity index (χ3n) is 5.44. The molecule has 0 radical (unpaired) electrons. The average molecular weight is 474 g/mol. The van der Waals surface area contributed by atoms with Crippen LogP contribution in [0.3, 0.4) is 0 Å². The molecule has 0 saturated carbocycles. The number of rotatable bonds is 5. The number of carbonyl (C=O) groups is 1. The van der Waals surface area contributed by atoms with E-state index in [-0.39, 0.29) is 17.2 Å². The van der Waals surface area contributed by atoms with Gasteiger partial charge in [0.15, 0.2) is 11.2 Å². The fraction of sp³-hybridized carbons (Fsp3) is 0.364. The molecule has 0 aliphatic carbocycles. The summed E-state index contributed by atoms with van der Waals surface area (Å²) >= 11 is 3.34. The summed E-state index contributed by atoms with van der Waals surface area (Å²) in [6, 6.07) is 10.2. The molecule has 1 aromatic carbocycles. The van der Waals surface area contributed by atoms with Crippen LogP contribution in [0, 0.1) is 6.92 Å². The first kappa shape index (κ1) is 20.8. The van der Waals surface area contributed by atoms with E-state index in [0.29, 0.717) is 17.5 Å². The molecule has 1 aliphatic rings. The third-order valence-corrected chi connectivity index (χ3v) is 5.93. The van der Waals surface area contributed by atoms with Crippen LogP contribution >= 0.6 is 15.9 Å². The fourth-order valence-corrected chi connectivity index (χ4v) is 4.05. The quantitative estimate of drug-likeness (QED) is 0.612. The van der Waals surface area contributed by atoms with E-state index >= 15 is 0 Å². The van der Waals surface area contributed by atoms with Crippen molar-refractivity contribution in [2.45, 2.75) is 13.0 Å². The zero-order valence-electron chi connectivity index (χ0n) is 17.0. The van der Waals surface area contributed by atoms with Crippen molar-refractivity contribution in [2.75, 3.05) is 39.8 Å². The molecular formula is C22H24BrN3O4. The predicted octanol–water partition coefficient (Wildman–Crippen LogP) is 3.18. The van der Waals surface area contributed by atoms with Gasteiger partial charge in [0.05, 0.1) is 11.4 Å². The highest BCUT2D eigenvalue weighted by Crippen LogP contribution is 2.24. The highest BCUT2D eigenvalue weighted by molar-refractivity contribution is 9.10. The van der Waals surface area contributed by atoms with Crippen LogP contribution in [-0.4, -0.2) is 55.5 Å². The molecule has 1 N–H and O–H groups in total. The number of likely N-dealkylation sites (N-methyl/N-ethyl adjacent to an activating group) is 1. The van der Waals surface area contributed by atoms with E-state index in [1.54, 1.807) is 18.2 Å². The lowest BCUT2D eigenvalue weighted by Crippen LogP contribution is -2.48. The zero-order valence-corrected chi connectivity index (χ0v) is 18.6. The molecule has 0 bridgehead atoms. The molecule has 3 aromatic rings. The molecule has 1 amide bonds. The molecule has 0 spiro atoms. The Kier molecular flexibility index (Phi) is 6.08. The Morgan fingerprint density at radius 2 is 1.90 bits per heavy atom. The highest BCUT2D eigenvalue weighted by Gasteiger charge is 2.27. The summed E-state index contributed by atoms with van der Waals surface area (Å²) in [5.74, 6) is 1.24. The van der Waals surface area contributed by atoms with Crippen molar-refractivity contribution in [3.8, 4) is 0 Å². The Bertz CT molecular complexity index is 1120. The van der Waals surface area contributed by atoms with Crippen molar-refractivity contribution < 1.29 is 13.6 Å². The average Bonchev–Trinajstić information content (AvgIpc) is 3.15. The summed E-state index contributed by atoms with van der Waals surface area (Å²) in [5, 5.41) is 3.36. The second-order valence-corrected chi connectivity index (χ2v) is 8.54. The minimum Gasteiger partial charge on any atom is -0.465 e. The predicted molar refractivity (Wildman–Crippen MR) is 118 cm³/mol. The van der Waals surface area contributed by atoms with E-state index in [1.807, 2.05) is 19.1 Å². The first-order valence-electron chi connectivity index (χ1n) is 9.91. The molecule has 1 aliphatic heterocycles.